The predicted molar refractivity (Wildman–Crippen MR) is 130 cm³/mol. The molecule has 2 heterocycles. The quantitative estimate of drug-likeness (QED) is 0.418. The first-order valence-corrected chi connectivity index (χ1v) is 12.2. The molecule has 192 valence electrons. The molecule has 7 heteroatoms. The fraction of sp³-hybridized carbons (Fsp3) is 0.704. The van der Waals surface area contributed by atoms with Gasteiger partial charge in [-0.3, -0.25) is 9.59 Å². The maximum Gasteiger partial charge on any atom is 0.311 e. The van der Waals surface area contributed by atoms with Crippen LogP contribution in [0.4, 0.5) is 0 Å². The first-order valence-electron chi connectivity index (χ1n) is 12.2. The van der Waals surface area contributed by atoms with Gasteiger partial charge in [0.25, 0.3) is 0 Å². The number of esters is 1. The highest BCUT2D eigenvalue weighted by atomic mass is 16.6. The number of hydrogen-bond donors (Lipinski definition) is 3. The van der Waals surface area contributed by atoms with E-state index in [0.29, 0.717) is 30.4 Å². The summed E-state index contributed by atoms with van der Waals surface area (Å²) in [5.41, 5.74) is 0.284. The summed E-state index contributed by atoms with van der Waals surface area (Å²) in [4.78, 5) is 26.1. The molecule has 2 rings (SSSR count). The van der Waals surface area contributed by atoms with Crippen molar-refractivity contribution in [2.75, 3.05) is 0 Å². The van der Waals surface area contributed by atoms with Crippen molar-refractivity contribution in [1.82, 2.24) is 0 Å². The molecule has 2 aliphatic heterocycles. The lowest BCUT2D eigenvalue weighted by Gasteiger charge is -2.40. The smallest absolute Gasteiger partial charge is 0.311 e. The lowest BCUT2D eigenvalue weighted by molar-refractivity contribution is -0.267. The minimum absolute atomic E-state index is 0.0954. The Labute approximate surface area is 203 Å². The van der Waals surface area contributed by atoms with Crippen LogP contribution in [0.1, 0.15) is 80.1 Å². The Kier molecular flexibility index (Phi) is 9.83. The van der Waals surface area contributed by atoms with Crippen LogP contribution in [0.5, 0.6) is 0 Å². The molecule has 1 unspecified atom stereocenters. The van der Waals surface area contributed by atoms with Crippen molar-refractivity contribution < 1.29 is 34.4 Å². The third kappa shape index (κ3) is 7.35. The zero-order chi connectivity index (χ0) is 25.7. The lowest BCUT2D eigenvalue weighted by Crippen LogP contribution is -2.48. The number of Topliss-reactive ketones (excluding diaryl/α,β-unsaturated/α-hetero) is 1. The predicted octanol–water partition coefficient (Wildman–Crippen LogP) is 3.76. The molecule has 0 aromatic carbocycles. The maximum atomic E-state index is 13.3. The Balaban J connectivity index is 2.44. The second-order valence-electron chi connectivity index (χ2n) is 10.5. The zero-order valence-electron chi connectivity index (χ0n) is 21.4. The molecule has 7 nitrogen and oxygen atoms in total. The monoisotopic (exact) mass is 478 g/mol. The topological polar surface area (TPSA) is 113 Å². The molecule has 6 atom stereocenters. The minimum atomic E-state index is -1.85. The Morgan fingerprint density at radius 3 is 2.50 bits per heavy atom. The summed E-state index contributed by atoms with van der Waals surface area (Å²) in [7, 11) is 0. The van der Waals surface area contributed by atoms with Gasteiger partial charge in [0.1, 0.15) is 11.9 Å². The van der Waals surface area contributed by atoms with Crippen molar-refractivity contribution in [2.24, 2.45) is 11.3 Å². The van der Waals surface area contributed by atoms with Crippen LogP contribution >= 0.6 is 0 Å². The molecule has 0 saturated carbocycles. The van der Waals surface area contributed by atoms with E-state index >= 15 is 0 Å². The van der Waals surface area contributed by atoms with Gasteiger partial charge in [0, 0.05) is 25.2 Å². The second-order valence-corrected chi connectivity index (χ2v) is 10.5. The number of aliphatic hydroxyl groups excluding tert-OH is 2. The minimum Gasteiger partial charge on any atom is -0.462 e. The van der Waals surface area contributed by atoms with Gasteiger partial charge in [-0.05, 0) is 44.8 Å². The van der Waals surface area contributed by atoms with Gasteiger partial charge >= 0.3 is 5.97 Å². The average molecular weight is 479 g/mol. The number of ketones is 1. The normalized spacial score (nSPS) is 36.1. The molecule has 2 bridgehead atoms. The maximum absolute atomic E-state index is 13.3. The standard InChI is InChI=1S/C27H42O7/c1-7-8-9-10-21-12-11-17(2)24(30)26(5,6)25(31)19(4)13-18(3)22-14-20(28)15-27(32,34-22)16-23(29)33-21/h7-8,11,13,19-22,24,28,30,32H,9-10,12,14-16H2,1-6H3/t19-,20-,21+,22?,24+,27+/m0/s1. The number of aliphatic hydroxyl groups is 3. The number of fused-ring (bicyclic) bond motifs is 2. The molecule has 0 aliphatic carbocycles. The number of cyclic esters (lactones) is 1. The van der Waals surface area contributed by atoms with Crippen molar-refractivity contribution in [1.29, 1.82) is 0 Å². The number of allylic oxidation sites excluding steroid dienone is 3. The third-order valence-corrected chi connectivity index (χ3v) is 6.90. The van der Waals surface area contributed by atoms with Crippen LogP contribution in [0.2, 0.25) is 0 Å². The second kappa shape index (κ2) is 11.8. The van der Waals surface area contributed by atoms with Crippen LogP contribution in [-0.4, -0.2) is 57.3 Å². The lowest BCUT2D eigenvalue weighted by atomic mass is 9.74. The molecule has 0 aromatic heterocycles. The SMILES string of the molecule is CC=CCC[C@@H]1CC=C(C)[C@@H](O)C(C)(C)C(=O)[C@@H](C)C=C(C)C2C[C@H](O)C[C@](O)(CC(=O)O1)O2. The molecule has 3 N–H and O–H groups in total. The van der Waals surface area contributed by atoms with Gasteiger partial charge in [0.15, 0.2) is 5.79 Å². The average Bonchev–Trinajstić information content (AvgIpc) is 2.74. The molecule has 1 fully saturated rings. The van der Waals surface area contributed by atoms with E-state index in [9.17, 15) is 24.9 Å². The van der Waals surface area contributed by atoms with Gasteiger partial charge in [0.2, 0.25) is 0 Å². The molecule has 0 radical (unpaired) electrons. The number of ether oxygens (including phenoxy) is 2. The molecular formula is C27H42O7. The summed E-state index contributed by atoms with van der Waals surface area (Å²) < 4.78 is 11.6. The number of carbonyl (C=O) groups is 2. The van der Waals surface area contributed by atoms with Crippen LogP contribution in [-0.2, 0) is 19.1 Å². The van der Waals surface area contributed by atoms with Crippen LogP contribution in [0.3, 0.4) is 0 Å². The summed E-state index contributed by atoms with van der Waals surface area (Å²) in [6, 6.07) is 0. The van der Waals surface area contributed by atoms with E-state index < -0.39 is 53.9 Å². The fourth-order valence-electron chi connectivity index (χ4n) is 4.88. The van der Waals surface area contributed by atoms with Crippen LogP contribution in [0.25, 0.3) is 0 Å². The number of hydrogen-bond acceptors (Lipinski definition) is 7. The van der Waals surface area contributed by atoms with Gasteiger partial charge < -0.3 is 24.8 Å². The molecule has 2 aliphatic rings. The number of carbonyl (C=O) groups excluding carboxylic acids is 2. The first kappa shape index (κ1) is 28.4. The Morgan fingerprint density at radius 1 is 1.18 bits per heavy atom. The molecule has 0 aromatic rings. The molecule has 0 spiro atoms. The first-order chi connectivity index (χ1) is 15.8. The van der Waals surface area contributed by atoms with Gasteiger partial charge in [-0.2, -0.15) is 0 Å². The van der Waals surface area contributed by atoms with Gasteiger partial charge in [-0.15, -0.1) is 0 Å². The Morgan fingerprint density at radius 2 is 1.85 bits per heavy atom. The van der Waals surface area contributed by atoms with Crippen LogP contribution in [0, 0.1) is 11.3 Å². The van der Waals surface area contributed by atoms with Crippen molar-refractivity contribution in [2.45, 2.75) is 110 Å². The Hall–Kier alpha value is -1.80. The van der Waals surface area contributed by atoms with Crippen LogP contribution in [0.15, 0.2) is 35.5 Å². The highest BCUT2D eigenvalue weighted by Crippen LogP contribution is 2.36. The molecule has 1 saturated heterocycles. The van der Waals surface area contributed by atoms with Crippen molar-refractivity contribution in [3.8, 4) is 0 Å². The zero-order valence-corrected chi connectivity index (χ0v) is 21.4. The van der Waals surface area contributed by atoms with Crippen molar-refractivity contribution in [3.05, 3.63) is 35.5 Å². The highest BCUT2D eigenvalue weighted by Gasteiger charge is 2.43. The molecular weight excluding hydrogens is 436 g/mol. The Bertz CT molecular complexity index is 825. The highest BCUT2D eigenvalue weighted by molar-refractivity contribution is 5.88. The third-order valence-electron chi connectivity index (χ3n) is 6.90. The van der Waals surface area contributed by atoms with E-state index in [-0.39, 0.29) is 18.6 Å². The van der Waals surface area contributed by atoms with Crippen molar-refractivity contribution >= 4 is 11.8 Å². The number of rotatable bonds is 3. The largest absolute Gasteiger partial charge is 0.462 e. The summed E-state index contributed by atoms with van der Waals surface area (Å²) in [6.45, 7) is 10.7. The van der Waals surface area contributed by atoms with Crippen LogP contribution < -0.4 is 0 Å². The fourth-order valence-corrected chi connectivity index (χ4v) is 4.88. The van der Waals surface area contributed by atoms with Crippen molar-refractivity contribution in [3.63, 3.8) is 0 Å². The summed E-state index contributed by atoms with van der Waals surface area (Å²) in [6.07, 6.45) is 5.90. The van der Waals surface area contributed by atoms with E-state index in [0.717, 1.165) is 0 Å². The summed E-state index contributed by atoms with van der Waals surface area (Å²) in [5.74, 6) is -3.10. The van der Waals surface area contributed by atoms with E-state index in [4.69, 9.17) is 9.47 Å². The van der Waals surface area contributed by atoms with E-state index in [1.54, 1.807) is 40.7 Å². The van der Waals surface area contributed by atoms with E-state index in [2.05, 4.69) is 0 Å². The van der Waals surface area contributed by atoms with E-state index in [1.165, 1.54) is 0 Å². The molecule has 0 amide bonds. The molecule has 34 heavy (non-hydrogen) atoms. The summed E-state index contributed by atoms with van der Waals surface area (Å²) >= 11 is 0. The summed E-state index contributed by atoms with van der Waals surface area (Å²) in [5, 5.41) is 32.4. The van der Waals surface area contributed by atoms with E-state index in [1.807, 2.05) is 25.2 Å². The van der Waals surface area contributed by atoms with Gasteiger partial charge in [-0.25, -0.2) is 0 Å². The van der Waals surface area contributed by atoms with Gasteiger partial charge in [-0.1, -0.05) is 45.1 Å². The van der Waals surface area contributed by atoms with Gasteiger partial charge in [0.05, 0.1) is 30.1 Å².